The molecule has 0 unspecified atom stereocenters. The summed E-state index contributed by atoms with van der Waals surface area (Å²) in [6.45, 7) is 0. The zero-order chi connectivity index (χ0) is 12.2. The lowest BCUT2D eigenvalue weighted by molar-refractivity contribution is -0.133. The third-order valence-electron chi connectivity index (χ3n) is 1.89. The van der Waals surface area contributed by atoms with Gasteiger partial charge in [-0.3, -0.25) is 4.79 Å². The predicted molar refractivity (Wildman–Crippen MR) is 50.4 cm³/mol. The van der Waals surface area contributed by atoms with Crippen molar-refractivity contribution in [2.24, 2.45) is 0 Å². The molecule has 6 heteroatoms. The number of pyridine rings is 1. The maximum Gasteiger partial charge on any atom is 0.389 e. The van der Waals surface area contributed by atoms with Crippen molar-refractivity contribution in [3.8, 4) is 5.75 Å². The minimum absolute atomic E-state index is 0.0609. The average molecular weight is 233 g/mol. The van der Waals surface area contributed by atoms with Crippen LogP contribution in [0.5, 0.6) is 5.75 Å². The first-order valence-corrected chi connectivity index (χ1v) is 4.53. The fraction of sp³-hybridized carbons (Fsp3) is 0.400. The number of Topliss-reactive ketones (excluding diaryl/α,β-unsaturated/α-hetero) is 1. The monoisotopic (exact) mass is 233 g/mol. The largest absolute Gasteiger partial charge is 0.494 e. The highest BCUT2D eigenvalue weighted by atomic mass is 19.4. The molecule has 3 nitrogen and oxygen atoms in total. The topological polar surface area (TPSA) is 39.2 Å². The molecule has 0 fully saturated rings. The van der Waals surface area contributed by atoms with Gasteiger partial charge < -0.3 is 4.74 Å². The van der Waals surface area contributed by atoms with E-state index in [1.165, 1.54) is 19.4 Å². The van der Waals surface area contributed by atoms with Gasteiger partial charge in [-0.1, -0.05) is 0 Å². The number of aromatic nitrogens is 1. The highest BCUT2D eigenvalue weighted by Gasteiger charge is 2.29. The maximum atomic E-state index is 11.9. The second-order valence-electron chi connectivity index (χ2n) is 3.09. The van der Waals surface area contributed by atoms with Crippen LogP contribution in [0.15, 0.2) is 18.3 Å². The van der Waals surface area contributed by atoms with E-state index in [-0.39, 0.29) is 11.4 Å². The Morgan fingerprint density at radius 2 is 2.19 bits per heavy atom. The van der Waals surface area contributed by atoms with E-state index in [4.69, 9.17) is 4.74 Å². The molecule has 0 spiro atoms. The van der Waals surface area contributed by atoms with Gasteiger partial charge in [-0.15, -0.1) is 0 Å². The quantitative estimate of drug-likeness (QED) is 0.750. The zero-order valence-electron chi connectivity index (χ0n) is 8.54. The number of carbonyl (C=O) groups excluding carboxylic acids is 1. The van der Waals surface area contributed by atoms with Crippen molar-refractivity contribution < 1.29 is 22.7 Å². The number of methoxy groups -OCH3 is 1. The molecule has 0 aliphatic heterocycles. The fourth-order valence-electron chi connectivity index (χ4n) is 1.14. The van der Waals surface area contributed by atoms with Crippen molar-refractivity contribution in [2.45, 2.75) is 19.0 Å². The summed E-state index contributed by atoms with van der Waals surface area (Å²) in [5.74, 6) is -0.482. The Morgan fingerprint density at radius 3 is 2.75 bits per heavy atom. The molecule has 1 aromatic heterocycles. The molecule has 0 aromatic carbocycles. The van der Waals surface area contributed by atoms with Crippen LogP contribution in [0, 0.1) is 0 Å². The number of alkyl halides is 3. The van der Waals surface area contributed by atoms with E-state index in [0.717, 1.165) is 0 Å². The first-order valence-electron chi connectivity index (χ1n) is 4.53. The Kier molecular flexibility index (Phi) is 3.87. The van der Waals surface area contributed by atoms with Gasteiger partial charge >= 0.3 is 6.18 Å². The molecule has 1 aromatic rings. The Hall–Kier alpha value is -1.59. The lowest BCUT2D eigenvalue weighted by atomic mass is 10.1. The van der Waals surface area contributed by atoms with Gasteiger partial charge in [-0.25, -0.2) is 4.98 Å². The van der Waals surface area contributed by atoms with Gasteiger partial charge in [0.25, 0.3) is 0 Å². The van der Waals surface area contributed by atoms with Gasteiger partial charge in [0, 0.05) is 12.6 Å². The summed E-state index contributed by atoms with van der Waals surface area (Å²) in [6, 6.07) is 3.02. The van der Waals surface area contributed by atoms with Crippen molar-refractivity contribution >= 4 is 5.78 Å². The first-order chi connectivity index (χ1) is 7.44. The van der Waals surface area contributed by atoms with Crippen LogP contribution >= 0.6 is 0 Å². The van der Waals surface area contributed by atoms with Crippen LogP contribution in [-0.2, 0) is 0 Å². The van der Waals surface area contributed by atoms with E-state index in [9.17, 15) is 18.0 Å². The summed E-state index contributed by atoms with van der Waals surface area (Å²) in [6.07, 6.45) is -4.76. The Morgan fingerprint density at radius 1 is 1.50 bits per heavy atom. The molecule has 1 heterocycles. The SMILES string of the molecule is COc1cccnc1C(=O)CCC(F)(F)F. The van der Waals surface area contributed by atoms with Crippen molar-refractivity contribution in [3.05, 3.63) is 24.0 Å². The number of hydrogen-bond donors (Lipinski definition) is 0. The van der Waals surface area contributed by atoms with Gasteiger partial charge in [-0.05, 0) is 12.1 Å². The van der Waals surface area contributed by atoms with Crippen LogP contribution in [0.25, 0.3) is 0 Å². The van der Waals surface area contributed by atoms with Crippen molar-refractivity contribution in [1.82, 2.24) is 4.98 Å². The molecule has 0 atom stereocenters. The van der Waals surface area contributed by atoms with Gasteiger partial charge in [0.1, 0.15) is 11.4 Å². The average Bonchev–Trinajstić information content (AvgIpc) is 2.25. The fourth-order valence-corrected chi connectivity index (χ4v) is 1.14. The van der Waals surface area contributed by atoms with E-state index < -0.39 is 24.8 Å². The number of rotatable bonds is 4. The number of carbonyl (C=O) groups is 1. The lowest BCUT2D eigenvalue weighted by Crippen LogP contribution is -2.12. The molecule has 16 heavy (non-hydrogen) atoms. The summed E-state index contributed by atoms with van der Waals surface area (Å²) >= 11 is 0. The summed E-state index contributed by atoms with van der Waals surface area (Å²) in [4.78, 5) is 15.1. The second-order valence-corrected chi connectivity index (χ2v) is 3.09. The summed E-state index contributed by atoms with van der Waals surface area (Å²) < 4.78 is 40.6. The summed E-state index contributed by atoms with van der Waals surface area (Å²) in [7, 11) is 1.33. The van der Waals surface area contributed by atoms with Crippen LogP contribution in [0.3, 0.4) is 0 Å². The normalized spacial score (nSPS) is 11.2. The Labute approximate surface area is 90.2 Å². The molecule has 88 valence electrons. The molecule has 0 saturated carbocycles. The second kappa shape index (κ2) is 4.96. The lowest BCUT2D eigenvalue weighted by Gasteiger charge is -2.07. The van der Waals surface area contributed by atoms with Gasteiger partial charge in [0.15, 0.2) is 5.78 Å². The molecule has 0 aliphatic carbocycles. The standard InChI is InChI=1S/C10H10F3NO2/c1-16-8-3-2-6-14-9(8)7(15)4-5-10(11,12)13/h2-3,6H,4-5H2,1H3. The number of halogens is 3. The smallest absolute Gasteiger partial charge is 0.389 e. The number of hydrogen-bond acceptors (Lipinski definition) is 3. The molecule has 0 aliphatic rings. The van der Waals surface area contributed by atoms with Crippen molar-refractivity contribution in [3.63, 3.8) is 0 Å². The van der Waals surface area contributed by atoms with Crippen LogP contribution in [-0.4, -0.2) is 24.1 Å². The minimum atomic E-state index is -4.34. The number of ether oxygens (including phenoxy) is 1. The van der Waals surface area contributed by atoms with Crippen LogP contribution < -0.4 is 4.74 Å². The van der Waals surface area contributed by atoms with Gasteiger partial charge in [0.2, 0.25) is 0 Å². The molecule has 0 saturated heterocycles. The number of nitrogens with zero attached hydrogens (tertiary/aromatic N) is 1. The van der Waals surface area contributed by atoms with E-state index in [0.29, 0.717) is 0 Å². The van der Waals surface area contributed by atoms with Gasteiger partial charge in [0.05, 0.1) is 13.5 Å². The molecule has 0 amide bonds. The Balaban J connectivity index is 2.73. The van der Waals surface area contributed by atoms with Gasteiger partial charge in [-0.2, -0.15) is 13.2 Å². The predicted octanol–water partition coefficient (Wildman–Crippen LogP) is 2.62. The molecular weight excluding hydrogens is 223 g/mol. The molecule has 0 bridgehead atoms. The third kappa shape index (κ3) is 3.52. The van der Waals surface area contributed by atoms with Crippen molar-refractivity contribution in [2.75, 3.05) is 7.11 Å². The minimum Gasteiger partial charge on any atom is -0.494 e. The van der Waals surface area contributed by atoms with E-state index in [1.54, 1.807) is 6.07 Å². The van der Waals surface area contributed by atoms with Crippen LogP contribution in [0.1, 0.15) is 23.3 Å². The molecular formula is C10H10F3NO2. The van der Waals surface area contributed by atoms with E-state index in [2.05, 4.69) is 4.98 Å². The van der Waals surface area contributed by atoms with E-state index in [1.807, 2.05) is 0 Å². The highest BCUT2D eigenvalue weighted by Crippen LogP contribution is 2.24. The first kappa shape index (κ1) is 12.5. The molecule has 0 radical (unpaired) electrons. The summed E-state index contributed by atoms with van der Waals surface area (Å²) in [5, 5.41) is 0. The molecule has 0 N–H and O–H groups in total. The van der Waals surface area contributed by atoms with Crippen molar-refractivity contribution in [1.29, 1.82) is 0 Å². The van der Waals surface area contributed by atoms with Crippen LogP contribution in [0.2, 0.25) is 0 Å². The van der Waals surface area contributed by atoms with E-state index >= 15 is 0 Å². The summed E-state index contributed by atoms with van der Waals surface area (Å²) in [5.41, 5.74) is -0.0609. The number of ketones is 1. The highest BCUT2D eigenvalue weighted by molar-refractivity contribution is 5.96. The third-order valence-corrected chi connectivity index (χ3v) is 1.89. The molecule has 1 rings (SSSR count). The van der Waals surface area contributed by atoms with Crippen LogP contribution in [0.4, 0.5) is 13.2 Å². The zero-order valence-corrected chi connectivity index (χ0v) is 8.54. The Bertz CT molecular complexity index is 377. The maximum absolute atomic E-state index is 11.9.